The Bertz CT molecular complexity index is 73.3. The van der Waals surface area contributed by atoms with Gasteiger partial charge in [-0.25, -0.2) is 0 Å². The molecule has 2 atom stereocenters. The van der Waals surface area contributed by atoms with E-state index < -0.39 is 0 Å². The molecule has 1 fully saturated rings. The molecule has 1 heterocycles. The lowest BCUT2D eigenvalue weighted by Gasteiger charge is -2.28. The third-order valence-electron chi connectivity index (χ3n) is 1.95. The van der Waals surface area contributed by atoms with E-state index in [1.54, 1.807) is 0 Å². The first kappa shape index (κ1) is 8.02. The van der Waals surface area contributed by atoms with Crippen LogP contribution in [-0.4, -0.2) is 25.4 Å². The van der Waals surface area contributed by atoms with Crippen molar-refractivity contribution >= 4 is 0 Å². The predicted molar refractivity (Wildman–Crippen MR) is 40.1 cm³/mol. The van der Waals surface area contributed by atoms with E-state index in [0.29, 0.717) is 12.2 Å². The van der Waals surface area contributed by atoms with Gasteiger partial charge < -0.3 is 9.47 Å². The van der Waals surface area contributed by atoms with Gasteiger partial charge in [-0.15, -0.1) is 0 Å². The quantitative estimate of drug-likeness (QED) is 0.586. The van der Waals surface area contributed by atoms with Gasteiger partial charge in [-0.05, 0) is 12.8 Å². The summed E-state index contributed by atoms with van der Waals surface area (Å²) in [5.74, 6) is 0. The monoisotopic (exact) mass is 144 g/mol. The van der Waals surface area contributed by atoms with E-state index in [2.05, 4.69) is 13.8 Å². The number of hydrogen-bond donors (Lipinski definition) is 0. The van der Waals surface area contributed by atoms with Gasteiger partial charge in [0.1, 0.15) is 0 Å². The molecule has 0 bridgehead atoms. The Kier molecular flexibility index (Phi) is 3.16. The lowest BCUT2D eigenvalue weighted by atomic mass is 10.2. The first-order valence-corrected chi connectivity index (χ1v) is 4.10. The van der Waals surface area contributed by atoms with Crippen molar-refractivity contribution in [2.75, 3.05) is 13.2 Å². The summed E-state index contributed by atoms with van der Waals surface area (Å²) in [6, 6.07) is 0. The fraction of sp³-hybridized carbons (Fsp3) is 1.00. The average Bonchev–Trinajstić information content (AvgIpc) is 2.05. The molecule has 0 saturated carbocycles. The highest BCUT2D eigenvalue weighted by atomic mass is 16.6. The Balaban J connectivity index is 2.17. The molecule has 1 aliphatic heterocycles. The van der Waals surface area contributed by atoms with Crippen LogP contribution in [0.4, 0.5) is 0 Å². The van der Waals surface area contributed by atoms with Crippen molar-refractivity contribution in [3.8, 4) is 0 Å². The number of ether oxygens (including phenoxy) is 2. The molecule has 1 aliphatic rings. The van der Waals surface area contributed by atoms with E-state index in [0.717, 1.165) is 26.1 Å². The molecule has 0 amide bonds. The summed E-state index contributed by atoms with van der Waals surface area (Å²) in [6.07, 6.45) is 2.83. The second-order valence-corrected chi connectivity index (χ2v) is 2.73. The Morgan fingerprint density at radius 2 is 1.40 bits per heavy atom. The van der Waals surface area contributed by atoms with Crippen molar-refractivity contribution in [2.24, 2.45) is 0 Å². The number of hydrogen-bond acceptors (Lipinski definition) is 2. The van der Waals surface area contributed by atoms with Gasteiger partial charge in [0.15, 0.2) is 0 Å². The SMILES string of the molecule is CCC1COC(CC)CO1. The maximum Gasteiger partial charge on any atom is 0.0807 e. The summed E-state index contributed by atoms with van der Waals surface area (Å²) in [7, 11) is 0. The molecule has 0 N–H and O–H groups in total. The van der Waals surface area contributed by atoms with Crippen molar-refractivity contribution in [3.63, 3.8) is 0 Å². The summed E-state index contributed by atoms with van der Waals surface area (Å²) >= 11 is 0. The van der Waals surface area contributed by atoms with Gasteiger partial charge in [-0.3, -0.25) is 0 Å². The highest BCUT2D eigenvalue weighted by molar-refractivity contribution is 4.64. The van der Waals surface area contributed by atoms with Gasteiger partial charge >= 0.3 is 0 Å². The molecule has 0 aliphatic carbocycles. The standard InChI is InChI=1S/C8H16O2/c1-3-7-5-10-8(4-2)6-9-7/h7-8H,3-6H2,1-2H3. The summed E-state index contributed by atoms with van der Waals surface area (Å²) in [5.41, 5.74) is 0. The highest BCUT2D eigenvalue weighted by Gasteiger charge is 2.18. The Labute approximate surface area is 62.5 Å². The van der Waals surface area contributed by atoms with Crippen LogP contribution in [0.2, 0.25) is 0 Å². The summed E-state index contributed by atoms with van der Waals surface area (Å²) in [4.78, 5) is 0. The Morgan fingerprint density at radius 1 is 1.00 bits per heavy atom. The minimum absolute atomic E-state index is 0.350. The second-order valence-electron chi connectivity index (χ2n) is 2.73. The molecule has 1 saturated heterocycles. The van der Waals surface area contributed by atoms with E-state index in [4.69, 9.17) is 9.47 Å². The van der Waals surface area contributed by atoms with Crippen molar-refractivity contribution in [2.45, 2.75) is 38.9 Å². The lowest BCUT2D eigenvalue weighted by Crippen LogP contribution is -2.34. The summed E-state index contributed by atoms with van der Waals surface area (Å²) < 4.78 is 11.0. The van der Waals surface area contributed by atoms with E-state index in [9.17, 15) is 0 Å². The molecule has 0 aromatic carbocycles. The highest BCUT2D eigenvalue weighted by Crippen LogP contribution is 2.11. The predicted octanol–water partition coefficient (Wildman–Crippen LogP) is 1.59. The van der Waals surface area contributed by atoms with Gasteiger partial charge in [-0.2, -0.15) is 0 Å². The zero-order chi connectivity index (χ0) is 7.40. The topological polar surface area (TPSA) is 18.5 Å². The summed E-state index contributed by atoms with van der Waals surface area (Å²) in [6.45, 7) is 5.82. The molecule has 0 radical (unpaired) electrons. The average molecular weight is 144 g/mol. The molecule has 60 valence electrons. The van der Waals surface area contributed by atoms with Crippen molar-refractivity contribution in [3.05, 3.63) is 0 Å². The maximum atomic E-state index is 5.51. The fourth-order valence-electron chi connectivity index (χ4n) is 1.05. The molecule has 2 unspecified atom stereocenters. The zero-order valence-electron chi connectivity index (χ0n) is 6.80. The van der Waals surface area contributed by atoms with Gasteiger partial charge in [0.2, 0.25) is 0 Å². The first-order chi connectivity index (χ1) is 4.86. The molecular weight excluding hydrogens is 128 g/mol. The van der Waals surface area contributed by atoms with Crippen LogP contribution in [0, 0.1) is 0 Å². The normalized spacial score (nSPS) is 34.2. The van der Waals surface area contributed by atoms with Crippen LogP contribution in [0.1, 0.15) is 26.7 Å². The van der Waals surface area contributed by atoms with Gasteiger partial charge in [0.05, 0.1) is 25.4 Å². The van der Waals surface area contributed by atoms with Crippen molar-refractivity contribution < 1.29 is 9.47 Å². The number of rotatable bonds is 2. The maximum absolute atomic E-state index is 5.51. The molecule has 0 spiro atoms. The fourth-order valence-corrected chi connectivity index (χ4v) is 1.05. The molecule has 0 aromatic rings. The Morgan fingerprint density at radius 3 is 1.60 bits per heavy atom. The van der Waals surface area contributed by atoms with Crippen molar-refractivity contribution in [1.82, 2.24) is 0 Å². The minimum Gasteiger partial charge on any atom is -0.373 e. The van der Waals surface area contributed by atoms with Gasteiger partial charge in [-0.1, -0.05) is 13.8 Å². The summed E-state index contributed by atoms with van der Waals surface area (Å²) in [5, 5.41) is 0. The smallest absolute Gasteiger partial charge is 0.0807 e. The van der Waals surface area contributed by atoms with E-state index >= 15 is 0 Å². The molecular formula is C8H16O2. The molecule has 10 heavy (non-hydrogen) atoms. The zero-order valence-corrected chi connectivity index (χ0v) is 6.80. The first-order valence-electron chi connectivity index (χ1n) is 4.10. The largest absolute Gasteiger partial charge is 0.373 e. The van der Waals surface area contributed by atoms with Crippen LogP contribution in [0.25, 0.3) is 0 Å². The van der Waals surface area contributed by atoms with E-state index in [-0.39, 0.29) is 0 Å². The minimum atomic E-state index is 0.350. The second kappa shape index (κ2) is 3.94. The molecule has 2 nitrogen and oxygen atoms in total. The van der Waals surface area contributed by atoms with Gasteiger partial charge in [0.25, 0.3) is 0 Å². The third kappa shape index (κ3) is 1.96. The lowest BCUT2D eigenvalue weighted by molar-refractivity contribution is -0.133. The molecule has 2 heteroatoms. The Hall–Kier alpha value is -0.0800. The van der Waals surface area contributed by atoms with Crippen LogP contribution in [0.3, 0.4) is 0 Å². The van der Waals surface area contributed by atoms with Crippen LogP contribution in [-0.2, 0) is 9.47 Å². The van der Waals surface area contributed by atoms with Crippen LogP contribution in [0.5, 0.6) is 0 Å². The van der Waals surface area contributed by atoms with Crippen LogP contribution >= 0.6 is 0 Å². The van der Waals surface area contributed by atoms with E-state index in [1.807, 2.05) is 0 Å². The van der Waals surface area contributed by atoms with Crippen LogP contribution in [0.15, 0.2) is 0 Å². The van der Waals surface area contributed by atoms with Gasteiger partial charge in [0, 0.05) is 0 Å². The third-order valence-corrected chi connectivity index (χ3v) is 1.95. The molecule has 1 rings (SSSR count). The van der Waals surface area contributed by atoms with Crippen molar-refractivity contribution in [1.29, 1.82) is 0 Å². The van der Waals surface area contributed by atoms with Crippen LogP contribution < -0.4 is 0 Å². The molecule has 0 aromatic heterocycles. The van der Waals surface area contributed by atoms with E-state index in [1.165, 1.54) is 0 Å².